The van der Waals surface area contributed by atoms with Crippen molar-refractivity contribution in [3.05, 3.63) is 0 Å². The van der Waals surface area contributed by atoms with Crippen molar-refractivity contribution in [2.45, 2.75) is 0 Å². The monoisotopic (exact) mass is 214 g/mol. The average Bonchev–Trinajstić information content (AvgIpc) is 1.00. The molecule has 6 heavy (non-hydrogen) atoms. The predicted molar refractivity (Wildman–Crippen MR) is 23.4 cm³/mol. The molecule has 0 aromatic heterocycles. The Morgan fingerprint density at radius 3 is 0.667 bits per heavy atom. The van der Waals surface area contributed by atoms with Crippen molar-refractivity contribution in [1.82, 2.24) is 0 Å². The van der Waals surface area contributed by atoms with E-state index in [1.54, 1.807) is 0 Å². The van der Waals surface area contributed by atoms with E-state index in [9.17, 15) is 0 Å². The first-order chi connectivity index (χ1) is 1.00. The molecule has 0 aliphatic rings. The van der Waals surface area contributed by atoms with Gasteiger partial charge in [0.05, 0.1) is 0 Å². The van der Waals surface area contributed by atoms with Crippen molar-refractivity contribution in [2.75, 3.05) is 0 Å². The molecule has 0 aliphatic carbocycles. The summed E-state index contributed by atoms with van der Waals surface area (Å²) in [5.41, 5.74) is 0. The van der Waals surface area contributed by atoms with Gasteiger partial charge in [-0.1, -0.05) is 0 Å². The average molecular weight is 216 g/mol. The summed E-state index contributed by atoms with van der Waals surface area (Å²) >= 11 is 6.50. The molecule has 0 saturated carbocycles. The van der Waals surface area contributed by atoms with Crippen molar-refractivity contribution < 1.29 is 36.1 Å². The molecule has 0 rings (SSSR count). The maximum atomic E-state index is 4.00. The number of hydrogen-bond donors (Lipinski definition) is 0. The molecule has 0 heterocycles. The molecule has 0 amide bonds. The Labute approximate surface area is 50.7 Å². The summed E-state index contributed by atoms with van der Waals surface area (Å²) in [7, 11) is 0. The SMILES string of the molecule is O.O.O.O.[Cu][Br]. The second-order valence-corrected chi connectivity index (χ2v) is 0. The predicted octanol–water partition coefficient (Wildman–Crippen LogP) is -2.46. The first kappa shape index (κ1) is 68.9. The summed E-state index contributed by atoms with van der Waals surface area (Å²) in [5.74, 6) is 0. The van der Waals surface area contributed by atoms with E-state index in [0.717, 1.165) is 0 Å². The van der Waals surface area contributed by atoms with Crippen molar-refractivity contribution >= 4 is 14.1 Å². The summed E-state index contributed by atoms with van der Waals surface area (Å²) in [6, 6.07) is 0. The summed E-state index contributed by atoms with van der Waals surface area (Å²) in [5, 5.41) is 0. The van der Waals surface area contributed by atoms with E-state index in [4.69, 9.17) is 0 Å². The maximum absolute atomic E-state index is 4.00. The van der Waals surface area contributed by atoms with Gasteiger partial charge in [-0.3, -0.25) is 0 Å². The van der Waals surface area contributed by atoms with Crippen LogP contribution in [0.3, 0.4) is 0 Å². The molecule has 0 unspecified atom stereocenters. The second-order valence-electron chi connectivity index (χ2n) is 0. The third-order valence-electron chi connectivity index (χ3n) is 0. The van der Waals surface area contributed by atoms with E-state index in [-0.39, 0.29) is 21.9 Å². The molecule has 8 N–H and O–H groups in total. The number of halogens is 1. The van der Waals surface area contributed by atoms with E-state index >= 15 is 0 Å². The van der Waals surface area contributed by atoms with Crippen molar-refractivity contribution in [3.8, 4) is 0 Å². The molecule has 0 radical (unpaired) electrons. The topological polar surface area (TPSA) is 126 Å². The summed E-state index contributed by atoms with van der Waals surface area (Å²) in [4.78, 5) is 0. The fourth-order valence-electron chi connectivity index (χ4n) is 0. The van der Waals surface area contributed by atoms with Crippen LogP contribution in [0, 0.1) is 0 Å². The van der Waals surface area contributed by atoms with Gasteiger partial charge < -0.3 is 21.9 Å². The molecule has 4 nitrogen and oxygen atoms in total. The molecule has 0 aromatic rings. The van der Waals surface area contributed by atoms with Crippen LogP contribution in [-0.2, 0) is 14.2 Å². The zero-order valence-electron chi connectivity index (χ0n) is 2.68. The fraction of sp³-hybridized carbons (Fsp3) is 0. The van der Waals surface area contributed by atoms with E-state index in [0.29, 0.717) is 0 Å². The minimum absolute atomic E-state index is 0. The Kier molecular flexibility index (Phi) is 2230. The van der Waals surface area contributed by atoms with E-state index in [2.05, 4.69) is 28.3 Å². The van der Waals surface area contributed by atoms with Crippen LogP contribution in [0.2, 0.25) is 0 Å². The molecular formula is H8BrCuO4. The van der Waals surface area contributed by atoms with Crippen molar-refractivity contribution in [3.63, 3.8) is 0 Å². The quantitative estimate of drug-likeness (QED) is 0.398. The van der Waals surface area contributed by atoms with Gasteiger partial charge in [0.25, 0.3) is 0 Å². The van der Waals surface area contributed by atoms with Crippen LogP contribution >= 0.6 is 14.1 Å². The standard InChI is InChI=1S/BrH.Cu.4H2O/h1H;;4*1H2/q;+1;;;;/p-1. The zero-order valence-corrected chi connectivity index (χ0v) is 5.21. The van der Waals surface area contributed by atoms with Gasteiger partial charge >= 0.3 is 28.3 Å². The van der Waals surface area contributed by atoms with Crippen LogP contribution in [0.5, 0.6) is 0 Å². The molecular weight excluding hydrogens is 207 g/mol. The Bertz CT molecular complexity index is 7.51. The normalized spacial score (nSPS) is 1.17. The van der Waals surface area contributed by atoms with Gasteiger partial charge in [0.1, 0.15) is 0 Å². The third kappa shape index (κ3) is 101. The molecule has 0 spiro atoms. The Morgan fingerprint density at radius 1 is 0.667 bits per heavy atom. The van der Waals surface area contributed by atoms with Crippen LogP contribution in [0.25, 0.3) is 0 Å². The summed E-state index contributed by atoms with van der Waals surface area (Å²) < 4.78 is 0. The molecule has 6 heteroatoms. The van der Waals surface area contributed by atoms with Crippen LogP contribution in [0.1, 0.15) is 0 Å². The van der Waals surface area contributed by atoms with Gasteiger partial charge in [-0.15, -0.1) is 0 Å². The van der Waals surface area contributed by atoms with Gasteiger partial charge in [0.2, 0.25) is 0 Å². The first-order valence-corrected chi connectivity index (χ1v) is 2.44. The second kappa shape index (κ2) is 194. The molecule has 0 aromatic carbocycles. The zero-order chi connectivity index (χ0) is 2.00. The third-order valence-corrected chi connectivity index (χ3v) is 0. The van der Waals surface area contributed by atoms with Gasteiger partial charge in [0.15, 0.2) is 0 Å². The van der Waals surface area contributed by atoms with Crippen molar-refractivity contribution in [2.24, 2.45) is 0 Å². The number of rotatable bonds is 0. The van der Waals surface area contributed by atoms with Gasteiger partial charge in [-0.05, 0) is 0 Å². The summed E-state index contributed by atoms with van der Waals surface area (Å²) in [6.45, 7) is 0. The number of hydrogen-bond acceptors (Lipinski definition) is 0. The Hall–Kier alpha value is 0.839. The van der Waals surface area contributed by atoms with Gasteiger partial charge in [-0.2, -0.15) is 0 Å². The molecule has 0 aliphatic heterocycles. The molecule has 0 saturated heterocycles. The Morgan fingerprint density at radius 2 is 0.667 bits per heavy atom. The molecule has 50 valence electrons. The minimum atomic E-state index is 0. The Balaban J connectivity index is -0.000000000833. The molecule has 0 atom stereocenters. The van der Waals surface area contributed by atoms with Crippen LogP contribution in [0.4, 0.5) is 0 Å². The van der Waals surface area contributed by atoms with Crippen molar-refractivity contribution in [1.29, 1.82) is 0 Å². The molecule has 0 fully saturated rings. The van der Waals surface area contributed by atoms with E-state index < -0.39 is 0 Å². The van der Waals surface area contributed by atoms with E-state index in [1.807, 2.05) is 0 Å². The van der Waals surface area contributed by atoms with Crippen LogP contribution < -0.4 is 0 Å². The fourth-order valence-corrected chi connectivity index (χ4v) is 0. The van der Waals surface area contributed by atoms with Crippen LogP contribution in [0.15, 0.2) is 0 Å². The van der Waals surface area contributed by atoms with Crippen LogP contribution in [-0.4, -0.2) is 21.9 Å². The summed E-state index contributed by atoms with van der Waals surface area (Å²) in [6.07, 6.45) is 0. The molecule has 0 bridgehead atoms. The first-order valence-electron chi connectivity index (χ1n) is 0.114. The van der Waals surface area contributed by atoms with Gasteiger partial charge in [-0.25, -0.2) is 0 Å². The van der Waals surface area contributed by atoms with E-state index in [1.165, 1.54) is 0 Å². The van der Waals surface area contributed by atoms with Gasteiger partial charge in [0, 0.05) is 0 Å².